The summed E-state index contributed by atoms with van der Waals surface area (Å²) in [6.45, 7) is 10.2. The van der Waals surface area contributed by atoms with Crippen LogP contribution in [0.3, 0.4) is 0 Å². The number of carbonyl (C=O) groups is 4. The number of carbonyl (C=O) groups excluding carboxylic acids is 4. The number of aliphatic hydroxyl groups is 1. The summed E-state index contributed by atoms with van der Waals surface area (Å²) >= 11 is 0. The second-order valence-electron chi connectivity index (χ2n) is 9.10. The van der Waals surface area contributed by atoms with E-state index in [1.807, 2.05) is 0 Å². The lowest BCUT2D eigenvalue weighted by Crippen LogP contribution is -2.54. The zero-order valence-electron chi connectivity index (χ0n) is 19.3. The summed E-state index contributed by atoms with van der Waals surface area (Å²) in [6.07, 6.45) is 0.327. The number of nitrogens with zero attached hydrogens (tertiary/aromatic N) is 1. The molecule has 31 heavy (non-hydrogen) atoms. The summed E-state index contributed by atoms with van der Waals surface area (Å²) in [6, 6.07) is -1.56. The lowest BCUT2D eigenvalue weighted by molar-refractivity contribution is -0.136. The van der Waals surface area contributed by atoms with E-state index in [0.29, 0.717) is 25.4 Å². The number of primary amides is 1. The van der Waals surface area contributed by atoms with Gasteiger partial charge in [-0.05, 0) is 31.6 Å². The van der Waals surface area contributed by atoms with E-state index in [4.69, 9.17) is 5.73 Å². The Labute approximate surface area is 184 Å². The molecule has 10 heteroatoms. The quantitative estimate of drug-likeness (QED) is 0.250. The first-order valence-electron chi connectivity index (χ1n) is 11.0. The summed E-state index contributed by atoms with van der Waals surface area (Å²) in [5, 5.41) is 17.8. The molecule has 1 saturated heterocycles. The highest BCUT2D eigenvalue weighted by Gasteiger charge is 2.38. The second kappa shape index (κ2) is 12.6. The number of rotatable bonds is 13. The van der Waals surface area contributed by atoms with Gasteiger partial charge in [0.15, 0.2) is 0 Å². The molecule has 0 aliphatic carbocycles. The molecule has 0 saturated carbocycles. The highest BCUT2D eigenvalue weighted by molar-refractivity contribution is 5.93. The molecule has 4 atom stereocenters. The fraction of sp³-hybridized carbons (Fsp3) is 0.810. The summed E-state index contributed by atoms with van der Waals surface area (Å²) in [5.74, 6) is -1.30. The Morgan fingerprint density at radius 2 is 1.84 bits per heavy atom. The van der Waals surface area contributed by atoms with Gasteiger partial charge < -0.3 is 31.7 Å². The molecule has 1 aliphatic heterocycles. The Morgan fingerprint density at radius 3 is 2.35 bits per heavy atom. The summed E-state index contributed by atoms with van der Waals surface area (Å²) in [5.41, 5.74) is 5.18. The van der Waals surface area contributed by atoms with E-state index in [-0.39, 0.29) is 30.8 Å². The van der Waals surface area contributed by atoms with Gasteiger partial charge in [-0.15, -0.1) is 0 Å². The molecule has 1 aliphatic rings. The summed E-state index contributed by atoms with van der Waals surface area (Å²) in [7, 11) is 0. The smallest absolute Gasteiger partial charge is 0.245 e. The van der Waals surface area contributed by atoms with E-state index in [2.05, 4.69) is 29.8 Å². The topological polar surface area (TPSA) is 154 Å². The van der Waals surface area contributed by atoms with Crippen LogP contribution in [0.4, 0.5) is 0 Å². The van der Waals surface area contributed by atoms with Gasteiger partial charge in [0.1, 0.15) is 12.1 Å². The van der Waals surface area contributed by atoms with Crippen LogP contribution in [0.15, 0.2) is 0 Å². The standard InChI is InChI=1S/C21H39N5O5/c1-12(2)8-15(10-23-11-17(22)28)26-7-6-16(21(26)31)24-20(30)19(13(3)4)25-18(29)9-14(5)27/h12-16,19,23,27H,6-11H2,1-5H3,(H2,22,28)(H,24,30)(H,25,29). The van der Waals surface area contributed by atoms with Gasteiger partial charge in [-0.3, -0.25) is 19.2 Å². The number of hydrogen-bond donors (Lipinski definition) is 5. The van der Waals surface area contributed by atoms with Gasteiger partial charge in [0.2, 0.25) is 23.6 Å². The van der Waals surface area contributed by atoms with Gasteiger partial charge in [0, 0.05) is 19.1 Å². The highest BCUT2D eigenvalue weighted by Crippen LogP contribution is 2.20. The van der Waals surface area contributed by atoms with Crippen LogP contribution in [0.5, 0.6) is 0 Å². The summed E-state index contributed by atoms with van der Waals surface area (Å²) in [4.78, 5) is 50.5. The van der Waals surface area contributed by atoms with E-state index in [1.165, 1.54) is 6.92 Å². The van der Waals surface area contributed by atoms with Gasteiger partial charge in [0.05, 0.1) is 19.1 Å². The van der Waals surface area contributed by atoms with Crippen molar-refractivity contribution in [1.82, 2.24) is 20.9 Å². The predicted molar refractivity (Wildman–Crippen MR) is 117 cm³/mol. The van der Waals surface area contributed by atoms with Crippen molar-refractivity contribution in [3.63, 3.8) is 0 Å². The Hall–Kier alpha value is -2.20. The normalized spacial score (nSPS) is 19.4. The predicted octanol–water partition coefficient (Wildman–Crippen LogP) is -0.895. The van der Waals surface area contributed by atoms with Crippen LogP contribution in [0.2, 0.25) is 0 Å². The van der Waals surface area contributed by atoms with Crippen LogP contribution in [0, 0.1) is 11.8 Å². The van der Waals surface area contributed by atoms with E-state index in [9.17, 15) is 24.3 Å². The SMILES string of the molecule is CC(C)CC(CNCC(N)=O)N1CCC(NC(=O)C(NC(=O)CC(C)O)C(C)C)C1=O. The lowest BCUT2D eigenvalue weighted by Gasteiger charge is -2.30. The average molecular weight is 442 g/mol. The minimum atomic E-state index is -0.804. The van der Waals surface area contributed by atoms with Crippen molar-refractivity contribution in [2.24, 2.45) is 17.6 Å². The molecule has 0 aromatic carbocycles. The number of nitrogens with one attached hydrogen (secondary N) is 3. The Balaban J connectivity index is 2.76. The third-order valence-corrected chi connectivity index (χ3v) is 5.17. The minimum absolute atomic E-state index is 0.0407. The molecule has 6 N–H and O–H groups in total. The minimum Gasteiger partial charge on any atom is -0.393 e. The molecule has 178 valence electrons. The first-order valence-corrected chi connectivity index (χ1v) is 11.0. The maximum Gasteiger partial charge on any atom is 0.245 e. The van der Waals surface area contributed by atoms with Crippen molar-refractivity contribution in [3.8, 4) is 0 Å². The molecule has 0 bridgehead atoms. The van der Waals surface area contributed by atoms with Gasteiger partial charge in [0.25, 0.3) is 0 Å². The Morgan fingerprint density at radius 1 is 1.19 bits per heavy atom. The van der Waals surface area contributed by atoms with Gasteiger partial charge in [-0.2, -0.15) is 0 Å². The van der Waals surface area contributed by atoms with Crippen molar-refractivity contribution < 1.29 is 24.3 Å². The van der Waals surface area contributed by atoms with Crippen LogP contribution in [-0.2, 0) is 19.2 Å². The van der Waals surface area contributed by atoms with E-state index < -0.39 is 35.9 Å². The largest absolute Gasteiger partial charge is 0.393 e. The monoisotopic (exact) mass is 441 g/mol. The van der Waals surface area contributed by atoms with Crippen LogP contribution in [0.1, 0.15) is 53.9 Å². The number of hydrogen-bond acceptors (Lipinski definition) is 6. The van der Waals surface area contributed by atoms with Gasteiger partial charge >= 0.3 is 0 Å². The van der Waals surface area contributed by atoms with Crippen LogP contribution < -0.4 is 21.7 Å². The van der Waals surface area contributed by atoms with Crippen LogP contribution in [0.25, 0.3) is 0 Å². The molecular formula is C21H39N5O5. The molecule has 1 rings (SSSR count). The molecule has 0 spiro atoms. The van der Waals surface area contributed by atoms with Crippen LogP contribution >= 0.6 is 0 Å². The number of amides is 4. The molecule has 0 aromatic rings. The first kappa shape index (κ1) is 26.8. The third kappa shape index (κ3) is 9.22. The summed E-state index contributed by atoms with van der Waals surface area (Å²) < 4.78 is 0. The van der Waals surface area contributed by atoms with Crippen molar-refractivity contribution in [2.75, 3.05) is 19.6 Å². The number of nitrogens with two attached hydrogens (primary N) is 1. The van der Waals surface area contributed by atoms with Crippen molar-refractivity contribution >= 4 is 23.6 Å². The molecule has 0 aromatic heterocycles. The zero-order valence-corrected chi connectivity index (χ0v) is 19.3. The molecule has 10 nitrogen and oxygen atoms in total. The Kier molecular flexibility index (Phi) is 10.9. The molecule has 1 fully saturated rings. The maximum atomic E-state index is 13.0. The highest BCUT2D eigenvalue weighted by atomic mass is 16.3. The first-order chi connectivity index (χ1) is 14.4. The van der Waals surface area contributed by atoms with Crippen molar-refractivity contribution in [3.05, 3.63) is 0 Å². The van der Waals surface area contributed by atoms with Gasteiger partial charge in [-0.1, -0.05) is 27.7 Å². The fourth-order valence-corrected chi connectivity index (χ4v) is 3.72. The Bertz CT molecular complexity index is 638. The molecule has 4 unspecified atom stereocenters. The van der Waals surface area contributed by atoms with Gasteiger partial charge in [-0.25, -0.2) is 0 Å². The number of likely N-dealkylation sites (tertiary alicyclic amines) is 1. The van der Waals surface area contributed by atoms with E-state index in [1.54, 1.807) is 18.7 Å². The van der Waals surface area contributed by atoms with Crippen molar-refractivity contribution in [2.45, 2.75) is 78.1 Å². The van der Waals surface area contributed by atoms with Crippen molar-refractivity contribution in [1.29, 1.82) is 0 Å². The van der Waals surface area contributed by atoms with E-state index in [0.717, 1.165) is 6.42 Å². The fourth-order valence-electron chi connectivity index (χ4n) is 3.72. The van der Waals surface area contributed by atoms with E-state index >= 15 is 0 Å². The van der Waals surface area contributed by atoms with Crippen LogP contribution in [-0.4, -0.2) is 77.5 Å². The molecule has 0 radical (unpaired) electrons. The second-order valence-corrected chi connectivity index (χ2v) is 9.10. The number of aliphatic hydroxyl groups excluding tert-OH is 1. The molecule has 1 heterocycles. The lowest BCUT2D eigenvalue weighted by atomic mass is 10.0. The third-order valence-electron chi connectivity index (χ3n) is 5.17. The molecule has 4 amide bonds. The maximum absolute atomic E-state index is 13.0. The molecular weight excluding hydrogens is 402 g/mol. The zero-order chi connectivity index (χ0) is 23.7. The average Bonchev–Trinajstić information content (AvgIpc) is 2.97.